The molecule has 0 aliphatic heterocycles. The smallest absolute Gasteiger partial charge is 0.343 e. The van der Waals surface area contributed by atoms with Crippen molar-refractivity contribution in [2.45, 2.75) is 0 Å². The molecule has 0 bridgehead atoms. The second-order valence-electron chi connectivity index (χ2n) is 4.54. The molecule has 3 aromatic heterocycles. The van der Waals surface area contributed by atoms with E-state index in [0.717, 1.165) is 0 Å². The number of fused-ring (bicyclic) bond motifs is 1. The molecule has 2 N–H and O–H groups in total. The first kappa shape index (κ1) is 14.5. The van der Waals surface area contributed by atoms with Crippen molar-refractivity contribution in [3.8, 4) is 0 Å². The van der Waals surface area contributed by atoms with E-state index in [1.807, 2.05) is 0 Å². The first-order valence-electron chi connectivity index (χ1n) is 6.74. The zero-order valence-corrected chi connectivity index (χ0v) is 12.2. The maximum absolute atomic E-state index is 12.1. The number of nitrogens with one attached hydrogen (secondary N) is 2. The topological polar surface area (TPSA) is 97.6 Å². The van der Waals surface area contributed by atoms with Gasteiger partial charge in [-0.1, -0.05) is 12.1 Å². The maximum Gasteiger partial charge on any atom is 0.343 e. The minimum absolute atomic E-state index is 0.108. The fourth-order valence-electron chi connectivity index (χ4n) is 2.08. The van der Waals surface area contributed by atoms with Gasteiger partial charge in [-0.05, 0) is 24.3 Å². The van der Waals surface area contributed by atoms with Gasteiger partial charge in [0.25, 0.3) is 0 Å². The fourth-order valence-corrected chi connectivity index (χ4v) is 2.08. The van der Waals surface area contributed by atoms with Crippen LogP contribution in [0.2, 0.25) is 0 Å². The SMILES string of the molecule is COC(=O)c1c(NC(=O)Nc2ccccn2)nn2ccccc12. The van der Waals surface area contributed by atoms with E-state index in [-0.39, 0.29) is 11.4 Å². The van der Waals surface area contributed by atoms with Gasteiger partial charge in [-0.25, -0.2) is 19.1 Å². The largest absolute Gasteiger partial charge is 0.465 e. The Bertz CT molecular complexity index is 860. The summed E-state index contributed by atoms with van der Waals surface area (Å²) in [5.41, 5.74) is 0.719. The summed E-state index contributed by atoms with van der Waals surface area (Å²) in [7, 11) is 1.27. The lowest BCUT2D eigenvalue weighted by atomic mass is 10.2. The summed E-state index contributed by atoms with van der Waals surface area (Å²) in [6.45, 7) is 0. The number of urea groups is 1. The molecule has 2 amide bonds. The molecule has 3 heterocycles. The van der Waals surface area contributed by atoms with Crippen LogP contribution in [0.3, 0.4) is 0 Å². The maximum atomic E-state index is 12.1. The number of rotatable bonds is 3. The Balaban J connectivity index is 1.90. The number of ether oxygens (including phenoxy) is 1. The van der Waals surface area contributed by atoms with Gasteiger partial charge in [-0.3, -0.25) is 10.6 Å². The Morgan fingerprint density at radius 2 is 1.96 bits per heavy atom. The third-order valence-electron chi connectivity index (χ3n) is 3.07. The molecule has 0 aliphatic rings. The molecule has 8 heteroatoms. The number of carbonyl (C=O) groups excluding carboxylic acids is 2. The van der Waals surface area contributed by atoms with Gasteiger partial charge in [-0.2, -0.15) is 0 Å². The van der Waals surface area contributed by atoms with Crippen LogP contribution in [-0.4, -0.2) is 33.7 Å². The summed E-state index contributed by atoms with van der Waals surface area (Å²) < 4.78 is 6.26. The summed E-state index contributed by atoms with van der Waals surface area (Å²) >= 11 is 0. The Labute approximate surface area is 131 Å². The number of aromatic nitrogens is 3. The molecule has 0 aromatic carbocycles. The van der Waals surface area contributed by atoms with E-state index in [4.69, 9.17) is 4.74 Å². The van der Waals surface area contributed by atoms with Crippen molar-refractivity contribution in [3.05, 3.63) is 54.4 Å². The Morgan fingerprint density at radius 1 is 1.13 bits per heavy atom. The lowest BCUT2D eigenvalue weighted by Gasteiger charge is -2.05. The van der Waals surface area contributed by atoms with E-state index in [9.17, 15) is 9.59 Å². The Hall–Kier alpha value is -3.42. The van der Waals surface area contributed by atoms with Crippen molar-refractivity contribution in [1.82, 2.24) is 14.6 Å². The van der Waals surface area contributed by atoms with E-state index in [0.29, 0.717) is 11.3 Å². The number of anilines is 2. The molecule has 0 atom stereocenters. The highest BCUT2D eigenvalue weighted by molar-refractivity contribution is 6.07. The molecule has 23 heavy (non-hydrogen) atoms. The number of amides is 2. The molecule has 8 nitrogen and oxygen atoms in total. The summed E-state index contributed by atoms with van der Waals surface area (Å²) in [5.74, 6) is -0.0933. The first-order chi connectivity index (χ1) is 11.2. The van der Waals surface area contributed by atoms with Gasteiger partial charge in [-0.15, -0.1) is 5.10 Å². The van der Waals surface area contributed by atoms with Crippen LogP contribution in [0.5, 0.6) is 0 Å². The summed E-state index contributed by atoms with van der Waals surface area (Å²) in [6, 6.07) is 9.80. The zero-order chi connectivity index (χ0) is 16.2. The molecule has 0 spiro atoms. The predicted octanol–water partition coefficient (Wildman–Crippen LogP) is 2.16. The molecule has 0 unspecified atom stereocenters. The number of hydrogen-bond donors (Lipinski definition) is 2. The molecule has 0 aliphatic carbocycles. The molecular weight excluding hydrogens is 298 g/mol. The van der Waals surface area contributed by atoms with E-state index in [2.05, 4.69) is 20.7 Å². The molecule has 0 saturated heterocycles. The number of hydrogen-bond acceptors (Lipinski definition) is 5. The van der Waals surface area contributed by atoms with Crippen molar-refractivity contribution in [3.63, 3.8) is 0 Å². The van der Waals surface area contributed by atoms with Crippen molar-refractivity contribution < 1.29 is 14.3 Å². The second-order valence-corrected chi connectivity index (χ2v) is 4.54. The number of methoxy groups -OCH3 is 1. The lowest BCUT2D eigenvalue weighted by Crippen LogP contribution is -2.21. The highest BCUT2D eigenvalue weighted by Gasteiger charge is 2.21. The van der Waals surface area contributed by atoms with E-state index in [1.165, 1.54) is 11.6 Å². The van der Waals surface area contributed by atoms with Crippen LogP contribution in [-0.2, 0) is 4.74 Å². The van der Waals surface area contributed by atoms with Crippen molar-refractivity contribution >= 4 is 29.2 Å². The van der Waals surface area contributed by atoms with Crippen molar-refractivity contribution in [1.29, 1.82) is 0 Å². The molecule has 0 fully saturated rings. The third-order valence-corrected chi connectivity index (χ3v) is 3.07. The number of esters is 1. The van der Waals surface area contributed by atoms with Crippen LogP contribution in [0.15, 0.2) is 48.8 Å². The number of pyridine rings is 2. The van der Waals surface area contributed by atoms with Crippen LogP contribution in [0, 0.1) is 0 Å². The van der Waals surface area contributed by atoms with Gasteiger partial charge in [0.2, 0.25) is 0 Å². The summed E-state index contributed by atoms with van der Waals surface area (Å²) in [5, 5.41) is 9.28. The standard InChI is InChI=1S/C15H13N5O3/c1-23-14(21)12-10-6-3-5-9-20(10)19-13(12)18-15(22)17-11-7-2-4-8-16-11/h2-9H,1H3,(H2,16,17,18,19,22). The average Bonchev–Trinajstić information content (AvgIpc) is 2.92. The van der Waals surface area contributed by atoms with Crippen molar-refractivity contribution in [2.24, 2.45) is 0 Å². The first-order valence-corrected chi connectivity index (χ1v) is 6.74. The highest BCUT2D eigenvalue weighted by Crippen LogP contribution is 2.21. The zero-order valence-electron chi connectivity index (χ0n) is 12.2. The van der Waals surface area contributed by atoms with Gasteiger partial charge < -0.3 is 4.74 Å². The Kier molecular flexibility index (Phi) is 3.88. The lowest BCUT2D eigenvalue weighted by molar-refractivity contribution is 0.0604. The van der Waals surface area contributed by atoms with Gasteiger partial charge in [0, 0.05) is 12.4 Å². The van der Waals surface area contributed by atoms with Gasteiger partial charge in [0.15, 0.2) is 5.82 Å². The normalized spacial score (nSPS) is 10.3. The van der Waals surface area contributed by atoms with Crippen LogP contribution in [0.1, 0.15) is 10.4 Å². The van der Waals surface area contributed by atoms with Crippen LogP contribution in [0.4, 0.5) is 16.4 Å². The second kappa shape index (κ2) is 6.14. The molecule has 3 rings (SSSR count). The molecule has 116 valence electrons. The minimum atomic E-state index is -0.584. The number of nitrogens with zero attached hydrogens (tertiary/aromatic N) is 3. The Morgan fingerprint density at radius 3 is 2.70 bits per heavy atom. The van der Waals surface area contributed by atoms with Crippen molar-refractivity contribution in [2.75, 3.05) is 17.7 Å². The molecule has 0 saturated carbocycles. The highest BCUT2D eigenvalue weighted by atomic mass is 16.5. The molecule has 0 radical (unpaired) electrons. The van der Waals surface area contributed by atoms with Crippen LogP contribution < -0.4 is 10.6 Å². The van der Waals surface area contributed by atoms with Crippen LogP contribution in [0.25, 0.3) is 5.52 Å². The predicted molar refractivity (Wildman–Crippen MR) is 83.4 cm³/mol. The average molecular weight is 311 g/mol. The molecular formula is C15H13N5O3. The van der Waals surface area contributed by atoms with E-state index >= 15 is 0 Å². The van der Waals surface area contributed by atoms with Gasteiger partial charge >= 0.3 is 12.0 Å². The fraction of sp³-hybridized carbons (Fsp3) is 0.0667. The third kappa shape index (κ3) is 2.95. The van der Waals surface area contributed by atoms with Crippen LogP contribution >= 0.6 is 0 Å². The van der Waals surface area contributed by atoms with Gasteiger partial charge in [0.1, 0.15) is 11.4 Å². The van der Waals surface area contributed by atoms with Gasteiger partial charge in [0.05, 0.1) is 12.6 Å². The quantitative estimate of drug-likeness (QED) is 0.722. The minimum Gasteiger partial charge on any atom is -0.465 e. The molecule has 3 aromatic rings. The summed E-state index contributed by atoms with van der Waals surface area (Å²) in [4.78, 5) is 28.0. The summed E-state index contributed by atoms with van der Waals surface area (Å²) in [6.07, 6.45) is 3.23. The van der Waals surface area contributed by atoms with E-state index in [1.54, 1.807) is 48.8 Å². The monoisotopic (exact) mass is 311 g/mol. The van der Waals surface area contributed by atoms with E-state index < -0.39 is 12.0 Å². The number of carbonyl (C=O) groups is 2.